The van der Waals surface area contributed by atoms with Gasteiger partial charge in [0.15, 0.2) is 0 Å². The Hall–Kier alpha value is -0.120. The molecule has 2 N–H and O–H groups in total. The summed E-state index contributed by atoms with van der Waals surface area (Å²) in [5.74, 6) is 0. The lowest BCUT2D eigenvalue weighted by molar-refractivity contribution is 0.0943. The van der Waals surface area contributed by atoms with Gasteiger partial charge in [0.2, 0.25) is 0 Å². The average Bonchev–Trinajstić information content (AvgIpc) is 2.93. The van der Waals surface area contributed by atoms with Crippen LogP contribution in [-0.4, -0.2) is 54.6 Å². The molecule has 126 valence electrons. The molecule has 3 nitrogen and oxygen atoms in total. The van der Waals surface area contributed by atoms with Gasteiger partial charge in [-0.2, -0.15) is 0 Å². The lowest BCUT2D eigenvalue weighted by Crippen LogP contribution is -2.53. The highest BCUT2D eigenvalue weighted by Crippen LogP contribution is 2.24. The maximum atomic E-state index is 6.13. The summed E-state index contributed by atoms with van der Waals surface area (Å²) in [5, 5.41) is 0. The molecule has 0 bridgehead atoms. The van der Waals surface area contributed by atoms with E-state index in [2.05, 4.69) is 37.6 Å². The predicted octanol–water partition coefficient (Wildman–Crippen LogP) is 3.48. The number of nitrogens with two attached hydrogens (primary N) is 1. The molecule has 1 saturated heterocycles. The Bertz CT molecular complexity index is 269. The molecule has 0 saturated carbocycles. The number of rotatable bonds is 11. The second-order valence-electron chi connectivity index (χ2n) is 7.17. The molecule has 0 radical (unpaired) electrons. The highest BCUT2D eigenvalue weighted by Gasteiger charge is 2.31. The largest absolute Gasteiger partial charge is 0.329 e. The van der Waals surface area contributed by atoms with Crippen molar-refractivity contribution < 1.29 is 0 Å². The molecule has 0 aromatic rings. The monoisotopic (exact) mass is 297 g/mol. The molecular weight excluding hydrogens is 258 g/mol. The highest BCUT2D eigenvalue weighted by atomic mass is 15.3. The van der Waals surface area contributed by atoms with E-state index in [4.69, 9.17) is 5.73 Å². The first-order valence-corrected chi connectivity index (χ1v) is 9.22. The first kappa shape index (κ1) is 18.9. The van der Waals surface area contributed by atoms with E-state index < -0.39 is 0 Å². The molecule has 21 heavy (non-hydrogen) atoms. The fourth-order valence-electron chi connectivity index (χ4n) is 3.61. The maximum Gasteiger partial charge on any atom is 0.0301 e. The van der Waals surface area contributed by atoms with Crippen molar-refractivity contribution in [2.45, 2.75) is 83.7 Å². The van der Waals surface area contributed by atoms with Crippen LogP contribution in [0.4, 0.5) is 0 Å². The Labute approximate surface area is 133 Å². The Morgan fingerprint density at radius 3 is 2.52 bits per heavy atom. The molecular formula is C18H39N3. The predicted molar refractivity (Wildman–Crippen MR) is 93.7 cm³/mol. The molecule has 2 unspecified atom stereocenters. The Morgan fingerprint density at radius 1 is 1.19 bits per heavy atom. The van der Waals surface area contributed by atoms with E-state index in [1.165, 1.54) is 71.0 Å². The van der Waals surface area contributed by atoms with E-state index in [0.717, 1.165) is 12.6 Å². The molecule has 2 atom stereocenters. The van der Waals surface area contributed by atoms with E-state index in [1.807, 2.05) is 0 Å². The molecule has 1 aliphatic heterocycles. The maximum absolute atomic E-state index is 6.13. The molecule has 3 heteroatoms. The molecule has 0 amide bonds. The number of nitrogens with zero attached hydrogens (tertiary/aromatic N) is 2. The zero-order chi connectivity index (χ0) is 15.7. The fourth-order valence-corrected chi connectivity index (χ4v) is 3.61. The van der Waals surface area contributed by atoms with Crippen LogP contribution in [0.25, 0.3) is 0 Å². The van der Waals surface area contributed by atoms with Crippen molar-refractivity contribution in [1.82, 2.24) is 9.80 Å². The van der Waals surface area contributed by atoms with Crippen LogP contribution < -0.4 is 5.73 Å². The van der Waals surface area contributed by atoms with Crippen LogP contribution in [0.3, 0.4) is 0 Å². The van der Waals surface area contributed by atoms with Gasteiger partial charge in [-0.05, 0) is 46.3 Å². The van der Waals surface area contributed by atoms with E-state index in [0.29, 0.717) is 0 Å². The van der Waals surface area contributed by atoms with Gasteiger partial charge < -0.3 is 5.73 Å². The second-order valence-corrected chi connectivity index (χ2v) is 7.17. The van der Waals surface area contributed by atoms with Crippen molar-refractivity contribution in [3.05, 3.63) is 0 Å². The Morgan fingerprint density at radius 2 is 1.90 bits per heavy atom. The fraction of sp³-hybridized carbons (Fsp3) is 1.00. The topological polar surface area (TPSA) is 32.5 Å². The van der Waals surface area contributed by atoms with Crippen LogP contribution in [0.2, 0.25) is 0 Å². The van der Waals surface area contributed by atoms with Gasteiger partial charge >= 0.3 is 0 Å². The van der Waals surface area contributed by atoms with Crippen molar-refractivity contribution in [1.29, 1.82) is 0 Å². The molecule has 0 spiro atoms. The quantitative estimate of drug-likeness (QED) is 0.593. The van der Waals surface area contributed by atoms with Gasteiger partial charge in [0.25, 0.3) is 0 Å². The number of unbranched alkanes of at least 4 members (excludes halogenated alkanes) is 4. The van der Waals surface area contributed by atoms with E-state index >= 15 is 0 Å². The summed E-state index contributed by atoms with van der Waals surface area (Å²) in [7, 11) is 2.28. The van der Waals surface area contributed by atoms with Gasteiger partial charge in [0.1, 0.15) is 0 Å². The summed E-state index contributed by atoms with van der Waals surface area (Å²) < 4.78 is 0. The summed E-state index contributed by atoms with van der Waals surface area (Å²) in [4.78, 5) is 5.18. The molecule has 0 aliphatic carbocycles. The molecule has 1 heterocycles. The summed E-state index contributed by atoms with van der Waals surface area (Å²) in [5.41, 5.74) is 6.31. The van der Waals surface area contributed by atoms with E-state index in [-0.39, 0.29) is 5.54 Å². The van der Waals surface area contributed by atoms with Gasteiger partial charge in [0, 0.05) is 24.7 Å². The minimum Gasteiger partial charge on any atom is -0.329 e. The first-order valence-electron chi connectivity index (χ1n) is 9.22. The zero-order valence-corrected chi connectivity index (χ0v) is 15.0. The van der Waals surface area contributed by atoms with Crippen LogP contribution >= 0.6 is 0 Å². The number of likely N-dealkylation sites (tertiary alicyclic amines) is 1. The average molecular weight is 298 g/mol. The first-order chi connectivity index (χ1) is 10.1. The van der Waals surface area contributed by atoms with Crippen LogP contribution in [0.5, 0.6) is 0 Å². The van der Waals surface area contributed by atoms with Gasteiger partial charge in [-0.3, -0.25) is 9.80 Å². The summed E-state index contributed by atoms with van der Waals surface area (Å²) in [6.07, 6.45) is 10.7. The van der Waals surface area contributed by atoms with Gasteiger partial charge in [0.05, 0.1) is 0 Å². The lowest BCUT2D eigenvalue weighted by Gasteiger charge is -2.41. The molecule has 0 aromatic heterocycles. The van der Waals surface area contributed by atoms with Crippen molar-refractivity contribution >= 4 is 0 Å². The molecule has 1 rings (SSSR count). The standard InChI is InChI=1S/C18H39N3/c1-5-7-8-9-10-13-18(3,16-19)20(4)15-17-12-11-14-21(17)6-2/h17H,5-16,19H2,1-4H3. The minimum absolute atomic E-state index is 0.175. The Kier molecular flexibility index (Phi) is 8.84. The zero-order valence-electron chi connectivity index (χ0n) is 15.0. The van der Waals surface area contributed by atoms with Crippen LogP contribution in [-0.2, 0) is 0 Å². The summed E-state index contributed by atoms with van der Waals surface area (Å²) >= 11 is 0. The normalized spacial score (nSPS) is 22.9. The summed E-state index contributed by atoms with van der Waals surface area (Å²) in [6, 6.07) is 0.742. The van der Waals surface area contributed by atoms with E-state index in [9.17, 15) is 0 Å². The van der Waals surface area contributed by atoms with Crippen molar-refractivity contribution in [2.24, 2.45) is 5.73 Å². The van der Waals surface area contributed by atoms with Gasteiger partial charge in [-0.15, -0.1) is 0 Å². The van der Waals surface area contributed by atoms with Crippen LogP contribution in [0.1, 0.15) is 72.1 Å². The third kappa shape index (κ3) is 5.88. The van der Waals surface area contributed by atoms with Gasteiger partial charge in [-0.25, -0.2) is 0 Å². The molecule has 1 aliphatic rings. The summed E-state index contributed by atoms with van der Waals surface area (Å²) in [6.45, 7) is 11.3. The third-order valence-electron chi connectivity index (χ3n) is 5.57. The third-order valence-corrected chi connectivity index (χ3v) is 5.57. The van der Waals surface area contributed by atoms with Crippen LogP contribution in [0, 0.1) is 0 Å². The smallest absolute Gasteiger partial charge is 0.0301 e. The Balaban J connectivity index is 2.40. The second kappa shape index (κ2) is 9.81. The number of likely N-dealkylation sites (N-methyl/N-ethyl adjacent to an activating group) is 2. The molecule has 1 fully saturated rings. The lowest BCUT2D eigenvalue weighted by atomic mass is 9.91. The van der Waals surface area contributed by atoms with Crippen molar-refractivity contribution in [3.63, 3.8) is 0 Å². The number of hydrogen-bond acceptors (Lipinski definition) is 3. The number of hydrogen-bond donors (Lipinski definition) is 1. The minimum atomic E-state index is 0.175. The molecule has 0 aromatic carbocycles. The van der Waals surface area contributed by atoms with Crippen molar-refractivity contribution in [2.75, 3.05) is 33.2 Å². The van der Waals surface area contributed by atoms with Crippen molar-refractivity contribution in [3.8, 4) is 0 Å². The van der Waals surface area contributed by atoms with E-state index in [1.54, 1.807) is 0 Å². The SMILES string of the molecule is CCCCCCCC(C)(CN)N(C)CC1CCCN1CC. The highest BCUT2D eigenvalue weighted by molar-refractivity contribution is 4.90. The van der Waals surface area contributed by atoms with Gasteiger partial charge in [-0.1, -0.05) is 46.0 Å². The van der Waals surface area contributed by atoms with Crippen LogP contribution in [0.15, 0.2) is 0 Å².